The van der Waals surface area contributed by atoms with Gasteiger partial charge < -0.3 is 10.4 Å². The Morgan fingerprint density at radius 1 is 1.47 bits per heavy atom. The Labute approximate surface area is 93.1 Å². The topological polar surface area (TPSA) is 87.1 Å². The molecular weight excluding hydrogens is 266 g/mol. The molecule has 0 spiro atoms. The molecule has 1 aromatic rings. The highest BCUT2D eigenvalue weighted by Crippen LogP contribution is 2.14. The zero-order valence-corrected chi connectivity index (χ0v) is 9.32. The van der Waals surface area contributed by atoms with E-state index in [4.69, 9.17) is 0 Å². The molecule has 0 aromatic carbocycles. The Bertz CT molecular complexity index is 481. The van der Waals surface area contributed by atoms with Crippen molar-refractivity contribution in [1.29, 1.82) is 0 Å². The number of aromatic amines is 1. The molecule has 0 aliphatic carbocycles. The van der Waals surface area contributed by atoms with Gasteiger partial charge in [0.2, 0.25) is 0 Å². The molecule has 1 aromatic heterocycles. The van der Waals surface area contributed by atoms with Crippen molar-refractivity contribution in [2.75, 3.05) is 13.1 Å². The van der Waals surface area contributed by atoms with Gasteiger partial charge in [-0.25, -0.2) is 4.79 Å². The van der Waals surface area contributed by atoms with E-state index in [1.54, 1.807) is 0 Å². The van der Waals surface area contributed by atoms with E-state index in [2.05, 4.69) is 26.2 Å². The quantitative estimate of drug-likeness (QED) is 0.601. The van der Waals surface area contributed by atoms with Crippen molar-refractivity contribution in [3.8, 4) is 0 Å². The lowest BCUT2D eigenvalue weighted by molar-refractivity contribution is 0.148. The van der Waals surface area contributed by atoms with E-state index < -0.39 is 17.4 Å². The van der Waals surface area contributed by atoms with Crippen LogP contribution in [0.2, 0.25) is 0 Å². The zero-order chi connectivity index (χ0) is 11.0. The van der Waals surface area contributed by atoms with Crippen molar-refractivity contribution in [2.45, 2.75) is 12.1 Å². The van der Waals surface area contributed by atoms with Gasteiger partial charge in [-0.05, 0) is 15.9 Å². The maximum Gasteiger partial charge on any atom is 0.328 e. The van der Waals surface area contributed by atoms with Gasteiger partial charge in [-0.3, -0.25) is 14.3 Å². The number of hydrogen-bond donors (Lipinski definition) is 3. The molecule has 3 N–H and O–H groups in total. The van der Waals surface area contributed by atoms with Gasteiger partial charge in [0.15, 0.2) is 0 Å². The summed E-state index contributed by atoms with van der Waals surface area (Å²) in [7, 11) is 0. The molecule has 7 heteroatoms. The Morgan fingerprint density at radius 2 is 2.20 bits per heavy atom. The predicted molar refractivity (Wildman–Crippen MR) is 56.9 cm³/mol. The van der Waals surface area contributed by atoms with Crippen LogP contribution in [0.3, 0.4) is 0 Å². The fraction of sp³-hybridized carbons (Fsp3) is 0.500. The maximum absolute atomic E-state index is 11.5. The second kappa shape index (κ2) is 3.92. The van der Waals surface area contributed by atoms with Crippen molar-refractivity contribution in [1.82, 2.24) is 14.9 Å². The van der Waals surface area contributed by atoms with Gasteiger partial charge in [-0.1, -0.05) is 0 Å². The van der Waals surface area contributed by atoms with Gasteiger partial charge in [0.05, 0.1) is 16.6 Å². The lowest BCUT2D eigenvalue weighted by Crippen LogP contribution is -2.36. The zero-order valence-electron chi connectivity index (χ0n) is 7.74. The van der Waals surface area contributed by atoms with E-state index >= 15 is 0 Å². The fourth-order valence-corrected chi connectivity index (χ4v) is 1.96. The number of nitrogens with zero attached hydrogens (tertiary/aromatic N) is 1. The van der Waals surface area contributed by atoms with Gasteiger partial charge in [0.1, 0.15) is 0 Å². The highest BCUT2D eigenvalue weighted by Gasteiger charge is 2.27. The molecule has 0 unspecified atom stereocenters. The normalized spacial score (nSPS) is 25.7. The second-order valence-electron chi connectivity index (χ2n) is 3.44. The summed E-state index contributed by atoms with van der Waals surface area (Å²) in [4.78, 5) is 24.7. The number of β-amino-alcohol motifs (C(OH)–C–C–N with tert-alkyl or cyclic N) is 1. The van der Waals surface area contributed by atoms with Gasteiger partial charge in [-0.2, -0.15) is 0 Å². The molecule has 2 heterocycles. The Balaban J connectivity index is 2.48. The van der Waals surface area contributed by atoms with Crippen LogP contribution in [0.15, 0.2) is 20.3 Å². The van der Waals surface area contributed by atoms with E-state index in [-0.39, 0.29) is 10.5 Å². The molecule has 1 fully saturated rings. The van der Waals surface area contributed by atoms with Gasteiger partial charge in [-0.15, -0.1) is 0 Å². The van der Waals surface area contributed by atoms with E-state index in [0.717, 1.165) is 0 Å². The second-order valence-corrected chi connectivity index (χ2v) is 4.29. The summed E-state index contributed by atoms with van der Waals surface area (Å²) in [6.45, 7) is 0.966. The SMILES string of the molecule is O=c1[nH]c(=O)n([C@H]2CNC[C@@H]2O)cc1Br. The largest absolute Gasteiger partial charge is 0.390 e. The monoisotopic (exact) mass is 275 g/mol. The molecule has 0 radical (unpaired) electrons. The molecule has 15 heavy (non-hydrogen) atoms. The van der Waals surface area contributed by atoms with Crippen LogP contribution < -0.4 is 16.6 Å². The maximum atomic E-state index is 11.5. The Hall–Kier alpha value is -0.920. The third-order valence-corrected chi connectivity index (χ3v) is 3.00. The summed E-state index contributed by atoms with van der Waals surface area (Å²) in [6, 6.07) is -0.328. The number of hydrogen-bond acceptors (Lipinski definition) is 4. The first-order chi connectivity index (χ1) is 7.09. The van der Waals surface area contributed by atoms with E-state index in [1.165, 1.54) is 10.8 Å². The van der Waals surface area contributed by atoms with Gasteiger partial charge >= 0.3 is 5.69 Å². The number of nitrogens with one attached hydrogen (secondary N) is 2. The molecule has 0 bridgehead atoms. The van der Waals surface area contributed by atoms with E-state index in [1.807, 2.05) is 0 Å². The van der Waals surface area contributed by atoms with Crippen LogP contribution >= 0.6 is 15.9 Å². The summed E-state index contributed by atoms with van der Waals surface area (Å²) < 4.78 is 1.61. The molecular formula is C8H10BrN3O3. The number of rotatable bonds is 1. The summed E-state index contributed by atoms with van der Waals surface area (Å²) >= 11 is 3.04. The minimum absolute atomic E-state index is 0.279. The first kappa shape index (κ1) is 10.6. The van der Waals surface area contributed by atoms with Crippen LogP contribution in [0.25, 0.3) is 0 Å². The fourth-order valence-electron chi connectivity index (χ4n) is 1.64. The average molecular weight is 276 g/mol. The van der Waals surface area contributed by atoms with Crippen LogP contribution in [-0.2, 0) is 0 Å². The third-order valence-electron chi connectivity index (χ3n) is 2.43. The smallest absolute Gasteiger partial charge is 0.328 e. The molecule has 0 amide bonds. The van der Waals surface area contributed by atoms with Crippen molar-refractivity contribution in [2.24, 2.45) is 0 Å². The lowest BCUT2D eigenvalue weighted by Gasteiger charge is -2.16. The number of halogens is 1. The Kier molecular flexibility index (Phi) is 2.76. The van der Waals surface area contributed by atoms with E-state index in [0.29, 0.717) is 13.1 Å². The van der Waals surface area contributed by atoms with Crippen molar-refractivity contribution < 1.29 is 5.11 Å². The van der Waals surface area contributed by atoms with Gasteiger partial charge in [0.25, 0.3) is 5.56 Å². The van der Waals surface area contributed by atoms with Crippen molar-refractivity contribution >= 4 is 15.9 Å². The van der Waals surface area contributed by atoms with Crippen LogP contribution in [-0.4, -0.2) is 33.9 Å². The Morgan fingerprint density at radius 3 is 2.80 bits per heavy atom. The first-order valence-electron chi connectivity index (χ1n) is 4.49. The molecule has 2 rings (SSSR count). The summed E-state index contributed by atoms with van der Waals surface area (Å²) in [6.07, 6.45) is 0.794. The number of aliphatic hydroxyl groups excluding tert-OH is 1. The molecule has 1 saturated heterocycles. The standard InChI is InChI=1S/C8H10BrN3O3/c9-4-3-12(8(15)11-7(4)14)5-1-10-2-6(5)13/h3,5-6,10,13H,1-2H2,(H,11,14,15)/t5-,6-/m0/s1. The molecule has 6 nitrogen and oxygen atoms in total. The van der Waals surface area contributed by atoms with Gasteiger partial charge in [0, 0.05) is 19.3 Å². The molecule has 82 valence electrons. The van der Waals surface area contributed by atoms with E-state index in [9.17, 15) is 14.7 Å². The third kappa shape index (κ3) is 1.90. The summed E-state index contributed by atoms with van der Waals surface area (Å²) in [5.74, 6) is 0. The molecule has 1 aliphatic heterocycles. The van der Waals surface area contributed by atoms with Crippen LogP contribution in [0.5, 0.6) is 0 Å². The minimum atomic E-state index is -0.611. The molecule has 2 atom stereocenters. The number of aliphatic hydroxyl groups is 1. The highest BCUT2D eigenvalue weighted by molar-refractivity contribution is 9.10. The summed E-state index contributed by atoms with van der Waals surface area (Å²) in [5.41, 5.74) is -0.965. The average Bonchev–Trinajstić information content (AvgIpc) is 2.58. The molecule has 0 saturated carbocycles. The van der Waals surface area contributed by atoms with Crippen LogP contribution in [0.1, 0.15) is 6.04 Å². The van der Waals surface area contributed by atoms with Crippen LogP contribution in [0.4, 0.5) is 0 Å². The predicted octanol–water partition coefficient (Wildman–Crippen LogP) is -1.20. The number of H-pyrrole nitrogens is 1. The minimum Gasteiger partial charge on any atom is -0.390 e. The highest BCUT2D eigenvalue weighted by atomic mass is 79.9. The lowest BCUT2D eigenvalue weighted by atomic mass is 10.2. The van der Waals surface area contributed by atoms with Crippen molar-refractivity contribution in [3.05, 3.63) is 31.5 Å². The molecule has 1 aliphatic rings. The van der Waals surface area contributed by atoms with Crippen molar-refractivity contribution in [3.63, 3.8) is 0 Å². The van der Waals surface area contributed by atoms with Crippen LogP contribution in [0, 0.1) is 0 Å². The number of aromatic nitrogens is 2. The summed E-state index contributed by atoms with van der Waals surface area (Å²) in [5, 5.41) is 12.6. The first-order valence-corrected chi connectivity index (χ1v) is 5.28.